The minimum Gasteiger partial charge on any atom is -0.367 e. The zero-order valence-corrected chi connectivity index (χ0v) is 16.7. The topological polar surface area (TPSA) is 23.6 Å². The summed E-state index contributed by atoms with van der Waals surface area (Å²) in [5.74, 6) is -0.368. The summed E-state index contributed by atoms with van der Waals surface area (Å²) in [6.45, 7) is 4.01. The van der Waals surface area contributed by atoms with E-state index in [0.717, 1.165) is 43.3 Å². The maximum absolute atomic E-state index is 14.3. The van der Waals surface area contributed by atoms with Crippen molar-refractivity contribution in [3.05, 3.63) is 88.7 Å². The van der Waals surface area contributed by atoms with Crippen LogP contribution in [0.2, 0.25) is 5.02 Å². The van der Waals surface area contributed by atoms with Gasteiger partial charge in [0.1, 0.15) is 5.82 Å². The van der Waals surface area contributed by atoms with Crippen molar-refractivity contribution in [1.82, 2.24) is 4.90 Å². The molecule has 147 valence electrons. The van der Waals surface area contributed by atoms with Gasteiger partial charge in [0, 0.05) is 43.3 Å². The van der Waals surface area contributed by atoms with Crippen LogP contribution in [0.3, 0.4) is 0 Å². The van der Waals surface area contributed by atoms with Gasteiger partial charge in [-0.3, -0.25) is 9.69 Å². The molecule has 3 aromatic rings. The van der Waals surface area contributed by atoms with Crippen LogP contribution in [0.15, 0.2) is 66.7 Å². The quantitative estimate of drug-likeness (QED) is 0.599. The summed E-state index contributed by atoms with van der Waals surface area (Å²) < 4.78 is 14.3. The molecule has 0 amide bonds. The van der Waals surface area contributed by atoms with Gasteiger partial charge in [-0.1, -0.05) is 48.0 Å². The van der Waals surface area contributed by atoms with Crippen LogP contribution >= 0.6 is 11.6 Å². The van der Waals surface area contributed by atoms with Gasteiger partial charge in [0.25, 0.3) is 0 Å². The molecule has 1 aliphatic heterocycles. The standard InChI is InChI=1S/C24H21ClFN2O/c25-21-8-6-19(7-9-21)22-4-2-1-3-20(22)16-27-11-13-28(14-12-27)24-10-5-18(17-29)15-23(24)26/h1-10,15H,11-14,16H2. The maximum atomic E-state index is 14.3. The van der Waals surface area contributed by atoms with E-state index in [1.54, 1.807) is 18.4 Å². The molecule has 1 radical (unpaired) electrons. The van der Waals surface area contributed by atoms with E-state index in [-0.39, 0.29) is 11.4 Å². The lowest BCUT2D eigenvalue weighted by molar-refractivity contribution is 0.249. The summed E-state index contributed by atoms with van der Waals surface area (Å²) in [6.07, 6.45) is 1.73. The molecule has 0 aliphatic carbocycles. The third kappa shape index (κ3) is 4.50. The highest BCUT2D eigenvalue weighted by Crippen LogP contribution is 2.27. The van der Waals surface area contributed by atoms with Crippen LogP contribution in [0, 0.1) is 5.82 Å². The first-order chi connectivity index (χ1) is 14.1. The summed E-state index contributed by atoms with van der Waals surface area (Å²) in [5, 5.41) is 0.730. The number of halogens is 2. The Morgan fingerprint density at radius 3 is 2.34 bits per heavy atom. The molecular weight excluding hydrogens is 387 g/mol. The fourth-order valence-corrected chi connectivity index (χ4v) is 3.91. The van der Waals surface area contributed by atoms with Crippen LogP contribution in [0.5, 0.6) is 0 Å². The minimum atomic E-state index is -0.368. The Hall–Kier alpha value is -2.69. The van der Waals surface area contributed by atoms with Crippen LogP contribution in [0.1, 0.15) is 11.1 Å². The van der Waals surface area contributed by atoms with E-state index in [1.165, 1.54) is 17.2 Å². The van der Waals surface area contributed by atoms with E-state index in [9.17, 15) is 9.18 Å². The molecule has 0 bridgehead atoms. The smallest absolute Gasteiger partial charge is 0.233 e. The molecule has 5 heteroatoms. The number of rotatable bonds is 5. The summed E-state index contributed by atoms with van der Waals surface area (Å²) in [4.78, 5) is 15.1. The molecular formula is C24H21ClFN2O. The van der Waals surface area contributed by atoms with Gasteiger partial charge in [0.2, 0.25) is 6.29 Å². The molecule has 1 fully saturated rings. The van der Waals surface area contributed by atoms with Gasteiger partial charge in [-0.2, -0.15) is 0 Å². The monoisotopic (exact) mass is 407 g/mol. The first-order valence-electron chi connectivity index (χ1n) is 9.63. The summed E-state index contributed by atoms with van der Waals surface area (Å²) in [7, 11) is 0. The second-order valence-corrected chi connectivity index (χ2v) is 7.63. The van der Waals surface area contributed by atoms with Gasteiger partial charge in [0.15, 0.2) is 0 Å². The molecule has 29 heavy (non-hydrogen) atoms. The number of hydrogen-bond donors (Lipinski definition) is 0. The van der Waals surface area contributed by atoms with Crippen LogP contribution in [-0.4, -0.2) is 37.4 Å². The van der Waals surface area contributed by atoms with E-state index in [0.29, 0.717) is 5.69 Å². The predicted molar refractivity (Wildman–Crippen MR) is 116 cm³/mol. The lowest BCUT2D eigenvalue weighted by atomic mass is 9.99. The first kappa shape index (κ1) is 19.6. The number of nitrogens with zero attached hydrogens (tertiary/aromatic N) is 2. The summed E-state index contributed by atoms with van der Waals surface area (Å²) in [6, 6.07) is 20.8. The molecule has 0 saturated carbocycles. The Bertz CT molecular complexity index is 998. The van der Waals surface area contributed by atoms with Crippen LogP contribution in [0.25, 0.3) is 11.1 Å². The Balaban J connectivity index is 1.44. The molecule has 1 saturated heterocycles. The second kappa shape index (κ2) is 8.76. The SMILES string of the molecule is O=[C]c1ccc(N2CCN(Cc3ccccc3-c3ccc(Cl)cc3)CC2)c(F)c1. The second-order valence-electron chi connectivity index (χ2n) is 7.20. The normalized spacial score (nSPS) is 14.8. The van der Waals surface area contributed by atoms with Gasteiger partial charge >= 0.3 is 0 Å². The van der Waals surface area contributed by atoms with E-state index >= 15 is 0 Å². The van der Waals surface area contributed by atoms with E-state index in [4.69, 9.17) is 11.6 Å². The zero-order valence-electron chi connectivity index (χ0n) is 15.9. The van der Waals surface area contributed by atoms with E-state index < -0.39 is 0 Å². The maximum Gasteiger partial charge on any atom is 0.233 e. The van der Waals surface area contributed by atoms with Crippen molar-refractivity contribution in [1.29, 1.82) is 0 Å². The van der Waals surface area contributed by atoms with E-state index in [1.807, 2.05) is 29.2 Å². The molecule has 3 nitrogen and oxygen atoms in total. The van der Waals surface area contributed by atoms with Gasteiger partial charge in [-0.25, -0.2) is 4.39 Å². The predicted octanol–water partition coefficient (Wildman–Crippen LogP) is 4.93. The van der Waals surface area contributed by atoms with Crippen molar-refractivity contribution in [2.75, 3.05) is 31.1 Å². The number of carbonyl (C=O) groups excluding carboxylic acids is 1. The van der Waals surface area contributed by atoms with E-state index in [2.05, 4.69) is 29.2 Å². The molecule has 0 atom stereocenters. The highest BCUT2D eigenvalue weighted by Gasteiger charge is 2.20. The minimum absolute atomic E-state index is 0.240. The summed E-state index contributed by atoms with van der Waals surface area (Å²) in [5.41, 5.74) is 4.41. The molecule has 1 aliphatic rings. The van der Waals surface area contributed by atoms with Crippen molar-refractivity contribution in [3.8, 4) is 11.1 Å². The van der Waals surface area contributed by atoms with Gasteiger partial charge in [-0.15, -0.1) is 0 Å². The number of hydrogen-bond acceptors (Lipinski definition) is 3. The van der Waals surface area contributed by atoms with Crippen LogP contribution in [-0.2, 0) is 11.3 Å². The largest absolute Gasteiger partial charge is 0.367 e. The third-order valence-electron chi connectivity index (χ3n) is 5.35. The highest BCUT2D eigenvalue weighted by atomic mass is 35.5. The lowest BCUT2D eigenvalue weighted by Gasteiger charge is -2.36. The van der Waals surface area contributed by atoms with Crippen LogP contribution in [0.4, 0.5) is 10.1 Å². The Morgan fingerprint density at radius 2 is 1.66 bits per heavy atom. The average molecular weight is 408 g/mol. The van der Waals surface area contributed by atoms with Crippen molar-refractivity contribution in [2.45, 2.75) is 6.54 Å². The van der Waals surface area contributed by atoms with Crippen molar-refractivity contribution in [2.24, 2.45) is 0 Å². The molecule has 0 spiro atoms. The lowest BCUT2D eigenvalue weighted by Crippen LogP contribution is -2.46. The molecule has 1 heterocycles. The van der Waals surface area contributed by atoms with Crippen molar-refractivity contribution >= 4 is 23.6 Å². The Kier molecular flexibility index (Phi) is 5.93. The molecule has 4 rings (SSSR count). The first-order valence-corrected chi connectivity index (χ1v) is 10.0. The number of benzene rings is 3. The zero-order chi connectivity index (χ0) is 20.2. The Morgan fingerprint density at radius 1 is 0.931 bits per heavy atom. The van der Waals surface area contributed by atoms with Crippen LogP contribution < -0.4 is 4.90 Å². The van der Waals surface area contributed by atoms with Crippen molar-refractivity contribution < 1.29 is 9.18 Å². The van der Waals surface area contributed by atoms with Gasteiger partial charge in [-0.05, 0) is 47.0 Å². The number of anilines is 1. The molecule has 0 aromatic heterocycles. The van der Waals surface area contributed by atoms with Gasteiger partial charge < -0.3 is 4.90 Å². The molecule has 0 N–H and O–H groups in total. The average Bonchev–Trinajstić information content (AvgIpc) is 2.75. The fraction of sp³-hybridized carbons (Fsp3) is 0.208. The Labute approximate surface area is 175 Å². The molecule has 0 unspecified atom stereocenters. The molecule has 3 aromatic carbocycles. The highest BCUT2D eigenvalue weighted by molar-refractivity contribution is 6.30. The summed E-state index contributed by atoms with van der Waals surface area (Å²) >= 11 is 6.03. The fourth-order valence-electron chi connectivity index (χ4n) is 3.78. The number of piperazine rings is 1. The van der Waals surface area contributed by atoms with Gasteiger partial charge in [0.05, 0.1) is 5.69 Å². The third-order valence-corrected chi connectivity index (χ3v) is 5.60. The van der Waals surface area contributed by atoms with Crippen molar-refractivity contribution in [3.63, 3.8) is 0 Å².